The molecule has 106 valence electrons. The third-order valence-electron chi connectivity index (χ3n) is 3.33. The summed E-state index contributed by atoms with van der Waals surface area (Å²) < 4.78 is 10.8. The highest BCUT2D eigenvalue weighted by atomic mass is 32.2. The molecule has 0 atom stereocenters. The van der Waals surface area contributed by atoms with Crippen LogP contribution in [0.5, 0.6) is 5.88 Å². The Hall–Kier alpha value is -1.93. The largest absolute Gasteiger partial charge is 0.481 e. The van der Waals surface area contributed by atoms with E-state index >= 15 is 0 Å². The number of methoxy groups -OCH3 is 1. The molecule has 0 saturated carbocycles. The number of hydrazine groups is 1. The number of amides is 1. The lowest BCUT2D eigenvalue weighted by Crippen LogP contribution is -2.30. The van der Waals surface area contributed by atoms with E-state index in [1.807, 2.05) is 17.2 Å². The third-order valence-corrected chi connectivity index (χ3v) is 4.31. The number of nitrogen functional groups attached to an aromatic ring is 2. The highest BCUT2D eigenvalue weighted by Crippen LogP contribution is 2.39. The van der Waals surface area contributed by atoms with Gasteiger partial charge in [-0.25, -0.2) is 5.84 Å². The Labute approximate surface area is 119 Å². The Bertz CT molecular complexity index is 698. The maximum absolute atomic E-state index is 11.7. The number of furan rings is 1. The molecule has 1 aliphatic heterocycles. The van der Waals surface area contributed by atoms with E-state index in [9.17, 15) is 4.79 Å². The maximum atomic E-state index is 11.7. The fourth-order valence-corrected chi connectivity index (χ4v) is 3.41. The molecule has 8 heteroatoms. The van der Waals surface area contributed by atoms with Crippen LogP contribution < -0.4 is 21.7 Å². The van der Waals surface area contributed by atoms with Gasteiger partial charge in [-0.2, -0.15) is 16.7 Å². The number of carbonyl (C=O) groups excluding carboxylic acids is 1. The highest BCUT2D eigenvalue weighted by molar-refractivity contribution is 7.98. The van der Waals surface area contributed by atoms with Crippen molar-refractivity contribution in [2.45, 2.75) is 12.2 Å². The molecule has 3 heterocycles. The van der Waals surface area contributed by atoms with E-state index in [1.54, 1.807) is 7.11 Å². The van der Waals surface area contributed by atoms with Crippen molar-refractivity contribution >= 4 is 34.5 Å². The van der Waals surface area contributed by atoms with Crippen LogP contribution in [-0.2, 0) is 12.2 Å². The van der Waals surface area contributed by atoms with Crippen LogP contribution in [0, 0.1) is 0 Å². The summed E-state index contributed by atoms with van der Waals surface area (Å²) in [5.41, 5.74) is 10.7. The molecular weight excluding hydrogens is 280 g/mol. The zero-order chi connectivity index (χ0) is 14.3. The minimum absolute atomic E-state index is 0.0105. The van der Waals surface area contributed by atoms with Gasteiger partial charge in [-0.15, -0.1) is 0 Å². The first-order chi connectivity index (χ1) is 9.67. The molecule has 3 rings (SSSR count). The Morgan fingerprint density at radius 2 is 2.30 bits per heavy atom. The molecule has 20 heavy (non-hydrogen) atoms. The SMILES string of the molecule is COc1nc2oc(C(=O)NN)c(N)c2c2c1CSCC2. The molecule has 1 amide bonds. The van der Waals surface area contributed by atoms with Gasteiger partial charge in [0.15, 0.2) is 0 Å². The van der Waals surface area contributed by atoms with Crippen LogP contribution in [0.25, 0.3) is 11.1 Å². The van der Waals surface area contributed by atoms with Crippen molar-refractivity contribution in [1.82, 2.24) is 10.4 Å². The number of carbonyl (C=O) groups is 1. The molecule has 0 spiro atoms. The molecule has 0 fully saturated rings. The summed E-state index contributed by atoms with van der Waals surface area (Å²) in [7, 11) is 1.56. The summed E-state index contributed by atoms with van der Waals surface area (Å²) in [6.45, 7) is 0. The first-order valence-corrected chi connectivity index (χ1v) is 7.19. The monoisotopic (exact) mass is 294 g/mol. The van der Waals surface area contributed by atoms with E-state index in [0.29, 0.717) is 17.0 Å². The fourth-order valence-electron chi connectivity index (χ4n) is 2.42. The summed E-state index contributed by atoms with van der Waals surface area (Å²) in [5.74, 6) is 6.86. The number of aryl methyl sites for hydroxylation is 1. The summed E-state index contributed by atoms with van der Waals surface area (Å²) in [4.78, 5) is 16.0. The topological polar surface area (TPSA) is 116 Å². The number of aromatic nitrogens is 1. The summed E-state index contributed by atoms with van der Waals surface area (Å²) >= 11 is 1.81. The van der Waals surface area contributed by atoms with Crippen molar-refractivity contribution in [3.8, 4) is 5.88 Å². The molecule has 5 N–H and O–H groups in total. The molecule has 1 aliphatic rings. The minimum Gasteiger partial charge on any atom is -0.481 e. The lowest BCUT2D eigenvalue weighted by atomic mass is 10.0. The van der Waals surface area contributed by atoms with E-state index in [1.165, 1.54) is 0 Å². The zero-order valence-corrected chi connectivity index (χ0v) is 11.7. The summed E-state index contributed by atoms with van der Waals surface area (Å²) in [5, 5.41) is 0.694. The highest BCUT2D eigenvalue weighted by Gasteiger charge is 2.26. The van der Waals surface area contributed by atoms with E-state index in [-0.39, 0.29) is 11.4 Å². The number of fused-ring (bicyclic) bond motifs is 3. The smallest absolute Gasteiger partial charge is 0.303 e. The molecule has 0 aliphatic carbocycles. The molecule has 0 saturated heterocycles. The van der Waals surface area contributed by atoms with E-state index in [4.69, 9.17) is 20.7 Å². The van der Waals surface area contributed by atoms with E-state index in [2.05, 4.69) is 4.98 Å². The van der Waals surface area contributed by atoms with Crippen molar-refractivity contribution < 1.29 is 13.9 Å². The minimum atomic E-state index is -0.571. The molecule has 0 aromatic carbocycles. The predicted octanol–water partition coefficient (Wildman–Crippen LogP) is 0.811. The number of thioether (sulfide) groups is 1. The Morgan fingerprint density at radius 3 is 3.00 bits per heavy atom. The quantitative estimate of drug-likeness (QED) is 0.426. The van der Waals surface area contributed by atoms with Gasteiger partial charge in [0.2, 0.25) is 17.4 Å². The van der Waals surface area contributed by atoms with Gasteiger partial charge in [0.1, 0.15) is 0 Å². The van der Waals surface area contributed by atoms with Gasteiger partial charge in [0.05, 0.1) is 18.2 Å². The van der Waals surface area contributed by atoms with Crippen LogP contribution in [0.15, 0.2) is 4.42 Å². The summed E-state index contributed by atoms with van der Waals surface area (Å²) in [6.07, 6.45) is 0.836. The van der Waals surface area contributed by atoms with Gasteiger partial charge >= 0.3 is 5.91 Å². The van der Waals surface area contributed by atoms with Crippen molar-refractivity contribution in [2.75, 3.05) is 18.6 Å². The Balaban J connectivity index is 2.32. The molecule has 2 aromatic heterocycles. The standard InChI is InChI=1S/C12H14N4O3S/c1-18-11-6-4-20-3-2-5(6)7-8(13)9(10(17)16-14)19-12(7)15-11/h2-4,13-14H2,1H3,(H,16,17). The lowest BCUT2D eigenvalue weighted by Gasteiger charge is -2.18. The van der Waals surface area contributed by atoms with Crippen LogP contribution in [0.3, 0.4) is 0 Å². The number of nitrogens with two attached hydrogens (primary N) is 2. The molecule has 0 bridgehead atoms. The van der Waals surface area contributed by atoms with Crippen molar-refractivity contribution in [1.29, 1.82) is 0 Å². The summed E-state index contributed by atoms with van der Waals surface area (Å²) in [6, 6.07) is 0. The van der Waals surface area contributed by atoms with Gasteiger partial charge in [0.25, 0.3) is 0 Å². The number of hydrogen-bond donors (Lipinski definition) is 3. The average molecular weight is 294 g/mol. The van der Waals surface area contributed by atoms with Crippen LogP contribution >= 0.6 is 11.8 Å². The van der Waals surface area contributed by atoms with Gasteiger partial charge in [-0.05, 0) is 17.7 Å². The predicted molar refractivity (Wildman–Crippen MR) is 76.5 cm³/mol. The maximum Gasteiger partial charge on any atom is 0.303 e. The normalized spacial score (nSPS) is 14.1. The first kappa shape index (κ1) is 13.1. The number of hydrogen-bond acceptors (Lipinski definition) is 7. The first-order valence-electron chi connectivity index (χ1n) is 6.03. The number of anilines is 1. The number of rotatable bonds is 2. The molecule has 0 unspecified atom stereocenters. The van der Waals surface area contributed by atoms with Gasteiger partial charge in [-0.3, -0.25) is 10.2 Å². The third kappa shape index (κ3) is 1.80. The van der Waals surface area contributed by atoms with Gasteiger partial charge in [0, 0.05) is 11.3 Å². The average Bonchev–Trinajstić information content (AvgIpc) is 2.82. The molecule has 0 radical (unpaired) electrons. The second-order valence-electron chi connectivity index (χ2n) is 4.38. The van der Waals surface area contributed by atoms with Crippen molar-refractivity contribution in [3.63, 3.8) is 0 Å². The second-order valence-corrected chi connectivity index (χ2v) is 5.48. The number of nitrogens with one attached hydrogen (secondary N) is 1. The fraction of sp³-hybridized carbons (Fsp3) is 0.333. The second kappa shape index (κ2) is 4.88. The molecule has 7 nitrogen and oxygen atoms in total. The van der Waals surface area contributed by atoms with Crippen molar-refractivity contribution in [3.05, 3.63) is 16.9 Å². The van der Waals surface area contributed by atoms with E-state index < -0.39 is 5.91 Å². The zero-order valence-electron chi connectivity index (χ0n) is 10.9. The van der Waals surface area contributed by atoms with Crippen LogP contribution in [0.2, 0.25) is 0 Å². The van der Waals surface area contributed by atoms with Crippen LogP contribution in [0.1, 0.15) is 21.7 Å². The Morgan fingerprint density at radius 1 is 1.50 bits per heavy atom. The van der Waals surface area contributed by atoms with Gasteiger partial charge < -0.3 is 14.9 Å². The number of nitrogens with zero attached hydrogens (tertiary/aromatic N) is 1. The number of pyridine rings is 1. The van der Waals surface area contributed by atoms with E-state index in [0.717, 1.165) is 29.1 Å². The number of ether oxygens (including phenoxy) is 1. The van der Waals surface area contributed by atoms with Crippen LogP contribution in [-0.4, -0.2) is 23.8 Å². The van der Waals surface area contributed by atoms with Crippen molar-refractivity contribution in [2.24, 2.45) is 5.84 Å². The molecule has 2 aromatic rings. The molecular formula is C12H14N4O3S. The van der Waals surface area contributed by atoms with Crippen LogP contribution in [0.4, 0.5) is 5.69 Å². The lowest BCUT2D eigenvalue weighted by molar-refractivity contribution is 0.0929. The van der Waals surface area contributed by atoms with Gasteiger partial charge in [-0.1, -0.05) is 0 Å². The Kier molecular flexibility index (Phi) is 3.19.